The van der Waals surface area contributed by atoms with Crippen LogP contribution in [-0.4, -0.2) is 23.9 Å². The summed E-state index contributed by atoms with van der Waals surface area (Å²) in [5, 5.41) is 3.49. The van der Waals surface area contributed by atoms with Gasteiger partial charge in [-0.3, -0.25) is 14.4 Å². The number of fused-ring (bicyclic) bond motifs is 1. The number of hydrogen-bond acceptors (Lipinski definition) is 5. The maximum Gasteiger partial charge on any atom is 0.311 e. The predicted molar refractivity (Wildman–Crippen MR) is 109 cm³/mol. The number of carbonyl (C=O) groups excluding carboxylic acids is 3. The molecule has 3 aromatic rings. The maximum atomic E-state index is 12.3. The smallest absolute Gasteiger partial charge is 0.311 e. The first-order valence-corrected chi connectivity index (χ1v) is 9.12. The zero-order chi connectivity index (χ0) is 21.1. The van der Waals surface area contributed by atoms with Crippen LogP contribution in [0.25, 0.3) is 11.0 Å². The molecule has 0 fully saturated rings. The van der Waals surface area contributed by atoms with Gasteiger partial charge in [0.1, 0.15) is 5.58 Å². The number of esters is 1. The van der Waals surface area contributed by atoms with Gasteiger partial charge in [0.2, 0.25) is 5.91 Å². The lowest BCUT2D eigenvalue weighted by molar-refractivity contribution is -0.152. The molecule has 0 aliphatic carbocycles. The average Bonchev–Trinajstić information content (AvgIpc) is 3.03. The Balaban J connectivity index is 1.60. The number of aryl methyl sites for hydroxylation is 2. The van der Waals surface area contributed by atoms with E-state index < -0.39 is 23.9 Å². The summed E-state index contributed by atoms with van der Waals surface area (Å²) < 4.78 is 10.8. The molecule has 0 saturated carbocycles. The van der Waals surface area contributed by atoms with Crippen molar-refractivity contribution >= 4 is 34.4 Å². The lowest BCUT2D eigenvalue weighted by Crippen LogP contribution is -2.30. The molecule has 7 heteroatoms. The third-order valence-electron chi connectivity index (χ3n) is 4.72. The van der Waals surface area contributed by atoms with Crippen molar-refractivity contribution in [2.24, 2.45) is 5.73 Å². The fourth-order valence-corrected chi connectivity index (χ4v) is 2.88. The molecule has 0 radical (unpaired) electrons. The fraction of sp³-hybridized carbons (Fsp3) is 0.227. The van der Waals surface area contributed by atoms with Crippen molar-refractivity contribution in [2.75, 3.05) is 5.32 Å². The second kappa shape index (κ2) is 8.18. The molecular weight excluding hydrogens is 372 g/mol. The molecule has 0 bridgehead atoms. The number of nitrogens with two attached hydrogens (primary N) is 1. The van der Waals surface area contributed by atoms with Crippen LogP contribution >= 0.6 is 0 Å². The zero-order valence-electron chi connectivity index (χ0n) is 16.4. The summed E-state index contributed by atoms with van der Waals surface area (Å²) in [5.41, 5.74) is 9.61. The highest BCUT2D eigenvalue weighted by atomic mass is 16.5. The Labute approximate surface area is 167 Å². The Morgan fingerprint density at radius 2 is 1.76 bits per heavy atom. The van der Waals surface area contributed by atoms with Crippen molar-refractivity contribution in [1.82, 2.24) is 0 Å². The van der Waals surface area contributed by atoms with E-state index in [0.29, 0.717) is 22.4 Å². The molecule has 0 aliphatic heterocycles. The molecule has 150 valence electrons. The first kappa shape index (κ1) is 20.1. The predicted octanol–water partition coefficient (Wildman–Crippen LogP) is 3.26. The van der Waals surface area contributed by atoms with Crippen molar-refractivity contribution in [1.29, 1.82) is 0 Å². The standard InChI is InChI=1S/C22H22N2O5/c1-12-8-18-16(11-28-19(18)9-13(12)2)10-20(25)29-14(3)22(27)24-17-6-4-15(5-7-17)21(23)26/h4-9,11,14H,10H2,1-3H3,(H2,23,26)(H,24,27). The Bertz CT molecular complexity index is 1080. The van der Waals surface area contributed by atoms with E-state index in [4.69, 9.17) is 14.9 Å². The average molecular weight is 394 g/mol. The third-order valence-corrected chi connectivity index (χ3v) is 4.72. The van der Waals surface area contributed by atoms with Crippen molar-refractivity contribution in [2.45, 2.75) is 33.3 Å². The highest BCUT2D eigenvalue weighted by Gasteiger charge is 2.20. The molecule has 3 rings (SSSR count). The highest BCUT2D eigenvalue weighted by molar-refractivity contribution is 5.97. The number of nitrogens with one attached hydrogen (secondary N) is 1. The van der Waals surface area contributed by atoms with E-state index in [9.17, 15) is 14.4 Å². The van der Waals surface area contributed by atoms with Gasteiger partial charge in [0, 0.05) is 22.2 Å². The van der Waals surface area contributed by atoms with Crippen molar-refractivity contribution in [3.63, 3.8) is 0 Å². The third kappa shape index (κ3) is 4.63. The summed E-state index contributed by atoms with van der Waals surface area (Å²) in [6.45, 7) is 5.48. The van der Waals surface area contributed by atoms with Gasteiger partial charge < -0.3 is 20.2 Å². The second-order valence-electron chi connectivity index (χ2n) is 6.93. The van der Waals surface area contributed by atoms with E-state index in [0.717, 1.165) is 16.5 Å². The molecule has 1 atom stereocenters. The first-order chi connectivity index (χ1) is 13.7. The van der Waals surface area contributed by atoms with E-state index >= 15 is 0 Å². The first-order valence-electron chi connectivity index (χ1n) is 9.12. The SMILES string of the molecule is Cc1cc2occ(CC(=O)OC(C)C(=O)Nc3ccc(C(N)=O)cc3)c2cc1C. The van der Waals surface area contributed by atoms with Gasteiger partial charge in [-0.2, -0.15) is 0 Å². The van der Waals surface area contributed by atoms with Crippen LogP contribution in [0.5, 0.6) is 0 Å². The Morgan fingerprint density at radius 3 is 2.41 bits per heavy atom. The van der Waals surface area contributed by atoms with Gasteiger partial charge in [0.25, 0.3) is 5.91 Å². The molecule has 0 spiro atoms. The van der Waals surface area contributed by atoms with Crippen LogP contribution in [0, 0.1) is 13.8 Å². The maximum absolute atomic E-state index is 12.3. The number of hydrogen-bond donors (Lipinski definition) is 2. The van der Waals surface area contributed by atoms with Crippen LogP contribution in [-0.2, 0) is 20.7 Å². The number of rotatable bonds is 6. The summed E-state index contributed by atoms with van der Waals surface area (Å²) in [6, 6.07) is 10.0. The Morgan fingerprint density at radius 1 is 1.10 bits per heavy atom. The second-order valence-corrected chi connectivity index (χ2v) is 6.93. The number of benzene rings is 2. The lowest BCUT2D eigenvalue weighted by Gasteiger charge is -2.13. The molecule has 1 unspecified atom stereocenters. The molecule has 29 heavy (non-hydrogen) atoms. The summed E-state index contributed by atoms with van der Waals surface area (Å²) in [6.07, 6.45) is 0.552. The normalized spacial score (nSPS) is 11.8. The number of amides is 2. The van der Waals surface area contributed by atoms with E-state index in [-0.39, 0.29) is 6.42 Å². The minimum Gasteiger partial charge on any atom is -0.464 e. The van der Waals surface area contributed by atoms with Gasteiger partial charge >= 0.3 is 5.97 Å². The van der Waals surface area contributed by atoms with Crippen LogP contribution < -0.4 is 11.1 Å². The molecule has 1 heterocycles. The Hall–Kier alpha value is -3.61. The van der Waals surface area contributed by atoms with Crippen molar-refractivity contribution in [3.05, 3.63) is 64.9 Å². The molecule has 0 saturated heterocycles. The lowest BCUT2D eigenvalue weighted by atomic mass is 10.0. The van der Waals surface area contributed by atoms with E-state index in [1.807, 2.05) is 26.0 Å². The highest BCUT2D eigenvalue weighted by Crippen LogP contribution is 2.25. The summed E-state index contributed by atoms with van der Waals surface area (Å²) in [7, 11) is 0. The van der Waals surface area contributed by atoms with Gasteiger partial charge in [0.05, 0.1) is 12.7 Å². The number of furan rings is 1. The van der Waals surface area contributed by atoms with Crippen LogP contribution in [0.3, 0.4) is 0 Å². The minimum atomic E-state index is -0.986. The van der Waals surface area contributed by atoms with E-state index in [1.165, 1.54) is 25.3 Å². The molecule has 1 aromatic heterocycles. The zero-order valence-corrected chi connectivity index (χ0v) is 16.4. The number of anilines is 1. The van der Waals surface area contributed by atoms with E-state index in [1.54, 1.807) is 12.1 Å². The molecule has 2 aromatic carbocycles. The van der Waals surface area contributed by atoms with Gasteiger partial charge in [-0.1, -0.05) is 0 Å². The van der Waals surface area contributed by atoms with E-state index in [2.05, 4.69) is 5.32 Å². The summed E-state index contributed by atoms with van der Waals surface area (Å²) in [4.78, 5) is 35.6. The van der Waals surface area contributed by atoms with Crippen molar-refractivity contribution in [3.8, 4) is 0 Å². The monoisotopic (exact) mass is 394 g/mol. The van der Waals surface area contributed by atoms with Crippen LogP contribution in [0.2, 0.25) is 0 Å². The molecule has 2 amide bonds. The topological polar surface area (TPSA) is 112 Å². The van der Waals surface area contributed by atoms with Gasteiger partial charge in [-0.05, 0) is 68.3 Å². The molecular formula is C22H22N2O5. The number of ether oxygens (including phenoxy) is 1. The van der Waals surface area contributed by atoms with Crippen LogP contribution in [0.1, 0.15) is 34.0 Å². The molecule has 3 N–H and O–H groups in total. The van der Waals surface area contributed by atoms with Crippen LogP contribution in [0.4, 0.5) is 5.69 Å². The van der Waals surface area contributed by atoms with Gasteiger partial charge in [0.15, 0.2) is 6.10 Å². The van der Waals surface area contributed by atoms with Crippen LogP contribution in [0.15, 0.2) is 47.1 Å². The minimum absolute atomic E-state index is 0.000426. The van der Waals surface area contributed by atoms with Crippen molar-refractivity contribution < 1.29 is 23.5 Å². The number of primary amides is 1. The quantitative estimate of drug-likeness (QED) is 0.623. The number of carbonyl (C=O) groups is 3. The fourth-order valence-electron chi connectivity index (χ4n) is 2.88. The molecule has 7 nitrogen and oxygen atoms in total. The van der Waals surface area contributed by atoms with Gasteiger partial charge in [-0.25, -0.2) is 0 Å². The van der Waals surface area contributed by atoms with Gasteiger partial charge in [-0.15, -0.1) is 0 Å². The molecule has 0 aliphatic rings. The summed E-state index contributed by atoms with van der Waals surface area (Å²) >= 11 is 0. The summed E-state index contributed by atoms with van der Waals surface area (Å²) in [5.74, 6) is -1.56. The Kier molecular flexibility index (Phi) is 5.68. The largest absolute Gasteiger partial charge is 0.464 e.